The van der Waals surface area contributed by atoms with Gasteiger partial charge < -0.3 is 29.1 Å². The molecule has 0 saturated heterocycles. The summed E-state index contributed by atoms with van der Waals surface area (Å²) in [6.45, 7) is 2.75. The molecule has 0 spiro atoms. The number of carbonyl (C=O) groups is 2. The summed E-state index contributed by atoms with van der Waals surface area (Å²) in [4.78, 5) is 39.1. The van der Waals surface area contributed by atoms with Crippen molar-refractivity contribution >= 4 is 34.5 Å². The average Bonchev–Trinajstić information content (AvgIpc) is 3.51. The van der Waals surface area contributed by atoms with Crippen LogP contribution in [-0.2, 0) is 17.9 Å². The molecule has 33 heavy (non-hydrogen) atoms. The highest BCUT2D eigenvalue weighted by atomic mass is 32.2. The Morgan fingerprint density at radius 1 is 1.24 bits per heavy atom. The molecule has 0 saturated carbocycles. The molecule has 174 valence electrons. The van der Waals surface area contributed by atoms with Crippen LogP contribution < -0.4 is 25.5 Å². The number of benzene rings is 1. The average molecular weight is 472 g/mol. The number of nitrogens with zero attached hydrogens (tertiary/aromatic N) is 1. The molecular weight excluding hydrogens is 446 g/mol. The van der Waals surface area contributed by atoms with Crippen LogP contribution in [0.1, 0.15) is 29.5 Å². The van der Waals surface area contributed by atoms with Gasteiger partial charge in [-0.1, -0.05) is 0 Å². The van der Waals surface area contributed by atoms with Gasteiger partial charge in [-0.25, -0.2) is 0 Å². The lowest BCUT2D eigenvalue weighted by atomic mass is 10.1. The van der Waals surface area contributed by atoms with Crippen LogP contribution in [0.2, 0.25) is 0 Å². The molecule has 2 N–H and O–H groups in total. The standard InChI is InChI=1S/C23H25N3O6S/c1-3-26-12-16(21(27)15-9-19-20(10-18(15)26)32-13-31-19)22(28)25-17(6-8-33-2)23(29)24-11-14-5-4-7-30-14/h4-5,7,9-10,12,17H,3,6,8,11,13H2,1-2H3,(H,24,29)(H,25,28)/t17-/m0/s1. The molecule has 3 heterocycles. The monoisotopic (exact) mass is 471 g/mol. The second kappa shape index (κ2) is 10.0. The normalized spacial score (nSPS) is 13.2. The van der Waals surface area contributed by atoms with Crippen molar-refractivity contribution in [3.05, 3.63) is 58.3 Å². The number of hydrogen-bond acceptors (Lipinski definition) is 7. The van der Waals surface area contributed by atoms with E-state index in [0.717, 1.165) is 0 Å². The number of aromatic nitrogens is 1. The van der Waals surface area contributed by atoms with Crippen molar-refractivity contribution in [1.29, 1.82) is 0 Å². The van der Waals surface area contributed by atoms with E-state index in [2.05, 4.69) is 10.6 Å². The SMILES string of the molecule is CCn1cc(C(=O)N[C@@H](CCSC)C(=O)NCc2ccco2)c(=O)c2cc3c(cc21)OCO3. The number of rotatable bonds is 9. The third kappa shape index (κ3) is 4.85. The van der Waals surface area contributed by atoms with Gasteiger partial charge in [0.1, 0.15) is 17.4 Å². The van der Waals surface area contributed by atoms with E-state index in [1.165, 1.54) is 12.5 Å². The largest absolute Gasteiger partial charge is 0.467 e. The first-order valence-corrected chi connectivity index (χ1v) is 12.0. The summed E-state index contributed by atoms with van der Waals surface area (Å²) in [5.41, 5.74) is 0.194. The highest BCUT2D eigenvalue weighted by molar-refractivity contribution is 7.98. The smallest absolute Gasteiger partial charge is 0.257 e. The van der Waals surface area contributed by atoms with Gasteiger partial charge in [-0.2, -0.15) is 11.8 Å². The van der Waals surface area contributed by atoms with Gasteiger partial charge in [-0.15, -0.1) is 0 Å². The summed E-state index contributed by atoms with van der Waals surface area (Å²) < 4.78 is 17.9. The van der Waals surface area contributed by atoms with Gasteiger partial charge in [0, 0.05) is 18.8 Å². The lowest BCUT2D eigenvalue weighted by Gasteiger charge is -2.19. The molecule has 0 unspecified atom stereocenters. The minimum atomic E-state index is -0.790. The van der Waals surface area contributed by atoms with Gasteiger partial charge in [0.25, 0.3) is 5.91 Å². The van der Waals surface area contributed by atoms with Crippen molar-refractivity contribution in [2.75, 3.05) is 18.8 Å². The van der Waals surface area contributed by atoms with Gasteiger partial charge in [0.2, 0.25) is 18.1 Å². The van der Waals surface area contributed by atoms with Crippen LogP contribution in [0, 0.1) is 0 Å². The summed E-state index contributed by atoms with van der Waals surface area (Å²) in [5, 5.41) is 5.88. The maximum Gasteiger partial charge on any atom is 0.257 e. The Hall–Kier alpha value is -3.40. The number of fused-ring (bicyclic) bond motifs is 2. The van der Waals surface area contributed by atoms with E-state index in [1.807, 2.05) is 17.7 Å². The van der Waals surface area contributed by atoms with Crippen molar-refractivity contribution in [3.8, 4) is 11.5 Å². The molecule has 0 aliphatic carbocycles. The zero-order chi connectivity index (χ0) is 23.4. The van der Waals surface area contributed by atoms with Crippen molar-refractivity contribution in [1.82, 2.24) is 15.2 Å². The highest BCUT2D eigenvalue weighted by Gasteiger charge is 2.25. The molecule has 2 amide bonds. The zero-order valence-electron chi connectivity index (χ0n) is 18.4. The number of furan rings is 1. The Labute approximate surface area is 194 Å². The van der Waals surface area contributed by atoms with Crippen LogP contribution in [0.15, 0.2) is 45.9 Å². The van der Waals surface area contributed by atoms with E-state index in [4.69, 9.17) is 13.9 Å². The van der Waals surface area contributed by atoms with E-state index >= 15 is 0 Å². The number of hydrogen-bond donors (Lipinski definition) is 2. The van der Waals surface area contributed by atoms with E-state index in [9.17, 15) is 14.4 Å². The molecule has 0 fully saturated rings. The van der Waals surface area contributed by atoms with E-state index < -0.39 is 17.4 Å². The van der Waals surface area contributed by atoms with Crippen LogP contribution in [-0.4, -0.2) is 41.2 Å². The highest BCUT2D eigenvalue weighted by Crippen LogP contribution is 2.35. The molecule has 1 aromatic carbocycles. The predicted octanol–water partition coefficient (Wildman–Crippen LogP) is 2.51. The Morgan fingerprint density at radius 3 is 2.73 bits per heavy atom. The van der Waals surface area contributed by atoms with Crippen LogP contribution >= 0.6 is 11.8 Å². The Balaban J connectivity index is 1.60. The number of aryl methyl sites for hydroxylation is 1. The quantitative estimate of drug-likeness (QED) is 0.493. The van der Waals surface area contributed by atoms with E-state index in [-0.39, 0.29) is 24.8 Å². The maximum absolute atomic E-state index is 13.2. The minimum Gasteiger partial charge on any atom is -0.467 e. The molecule has 9 nitrogen and oxygen atoms in total. The fourth-order valence-corrected chi connectivity index (χ4v) is 4.13. The van der Waals surface area contributed by atoms with Gasteiger partial charge in [0.05, 0.1) is 23.7 Å². The summed E-state index contributed by atoms with van der Waals surface area (Å²) in [6, 6.07) is 6.04. The van der Waals surface area contributed by atoms with Crippen LogP contribution in [0.25, 0.3) is 10.9 Å². The molecule has 4 rings (SSSR count). The number of thioether (sulfide) groups is 1. The third-order valence-electron chi connectivity index (χ3n) is 5.41. The lowest BCUT2D eigenvalue weighted by Crippen LogP contribution is -2.47. The molecule has 1 atom stereocenters. The van der Waals surface area contributed by atoms with Crippen molar-refractivity contribution < 1.29 is 23.5 Å². The van der Waals surface area contributed by atoms with E-state index in [1.54, 1.807) is 36.0 Å². The molecule has 2 aromatic heterocycles. The van der Waals surface area contributed by atoms with Crippen LogP contribution in [0.3, 0.4) is 0 Å². The lowest BCUT2D eigenvalue weighted by molar-refractivity contribution is -0.123. The number of carbonyl (C=O) groups excluding carboxylic acids is 2. The summed E-state index contributed by atoms with van der Waals surface area (Å²) in [5.74, 6) is 1.37. The van der Waals surface area contributed by atoms with Crippen molar-refractivity contribution in [3.63, 3.8) is 0 Å². The molecule has 0 bridgehead atoms. The maximum atomic E-state index is 13.2. The summed E-state index contributed by atoms with van der Waals surface area (Å²) in [6.07, 6.45) is 5.40. The number of nitrogens with one attached hydrogen (secondary N) is 2. The summed E-state index contributed by atoms with van der Waals surface area (Å²) >= 11 is 1.57. The number of amides is 2. The summed E-state index contributed by atoms with van der Waals surface area (Å²) in [7, 11) is 0. The van der Waals surface area contributed by atoms with Crippen molar-refractivity contribution in [2.45, 2.75) is 32.5 Å². The Morgan fingerprint density at radius 2 is 2.03 bits per heavy atom. The predicted molar refractivity (Wildman–Crippen MR) is 125 cm³/mol. The number of pyridine rings is 1. The fourth-order valence-electron chi connectivity index (χ4n) is 3.65. The van der Waals surface area contributed by atoms with E-state index in [0.29, 0.717) is 46.9 Å². The molecule has 1 aliphatic rings. The molecular formula is C23H25N3O6S. The van der Waals surface area contributed by atoms with Crippen LogP contribution in [0.4, 0.5) is 0 Å². The van der Waals surface area contributed by atoms with Gasteiger partial charge in [-0.05, 0) is 43.6 Å². The Bertz CT molecular complexity index is 1220. The molecule has 10 heteroatoms. The van der Waals surface area contributed by atoms with Gasteiger partial charge >= 0.3 is 0 Å². The first kappa shape index (κ1) is 22.8. The molecule has 3 aromatic rings. The third-order valence-corrected chi connectivity index (χ3v) is 6.05. The van der Waals surface area contributed by atoms with Crippen LogP contribution in [0.5, 0.6) is 11.5 Å². The first-order chi connectivity index (χ1) is 16.0. The van der Waals surface area contributed by atoms with Crippen molar-refractivity contribution in [2.24, 2.45) is 0 Å². The number of ether oxygens (including phenoxy) is 2. The second-order valence-corrected chi connectivity index (χ2v) is 8.47. The zero-order valence-corrected chi connectivity index (χ0v) is 19.2. The fraction of sp³-hybridized carbons (Fsp3) is 0.348. The van der Waals surface area contributed by atoms with Gasteiger partial charge in [-0.3, -0.25) is 14.4 Å². The Kier molecular flexibility index (Phi) is 6.93. The molecule has 1 aliphatic heterocycles. The second-order valence-electron chi connectivity index (χ2n) is 7.49. The topological polar surface area (TPSA) is 112 Å². The first-order valence-electron chi connectivity index (χ1n) is 10.6. The minimum absolute atomic E-state index is 0.0313. The van der Waals surface area contributed by atoms with Gasteiger partial charge in [0.15, 0.2) is 11.5 Å². The molecule has 0 radical (unpaired) electrons.